The number of nitrogens with zero attached hydrogens (tertiary/aromatic N) is 7. The molecule has 178 valence electrons. The van der Waals surface area contributed by atoms with Crippen LogP contribution in [0.1, 0.15) is 52.4 Å². The molecule has 3 aromatic rings. The topological polar surface area (TPSA) is 92.9 Å². The number of hydrogen-bond donors (Lipinski definition) is 1. The maximum absolute atomic E-state index is 15.8. The van der Waals surface area contributed by atoms with Gasteiger partial charge >= 0.3 is 0 Å². The van der Waals surface area contributed by atoms with Crippen LogP contribution in [-0.4, -0.2) is 53.3 Å². The molecule has 0 spiro atoms. The Morgan fingerprint density at radius 2 is 1.94 bits per heavy atom. The van der Waals surface area contributed by atoms with Crippen molar-refractivity contribution < 1.29 is 9.50 Å². The average molecular weight is 464 g/mol. The van der Waals surface area contributed by atoms with Crippen molar-refractivity contribution in [1.29, 1.82) is 0 Å². The third-order valence-corrected chi connectivity index (χ3v) is 8.04. The molecule has 0 amide bonds. The van der Waals surface area contributed by atoms with Gasteiger partial charge in [0.15, 0.2) is 17.5 Å². The molecule has 9 heteroatoms. The van der Waals surface area contributed by atoms with Gasteiger partial charge in [0, 0.05) is 24.1 Å². The van der Waals surface area contributed by atoms with Crippen LogP contribution < -0.4 is 4.90 Å². The third-order valence-electron chi connectivity index (χ3n) is 8.04. The molecule has 3 aliphatic rings. The Labute approximate surface area is 198 Å². The highest BCUT2D eigenvalue weighted by atomic mass is 19.1. The Balaban J connectivity index is 1.28. The SMILES string of the molecule is Cn1cnc(-c2ccc(-c3ncc(N(C4CC4)[C@@H]4C[C@@]5(C)CC[C@](C)(C5)[C@@H]4F)nn3)c(O)c2)n1. The lowest BCUT2D eigenvalue weighted by molar-refractivity contribution is 0.0357. The quantitative estimate of drug-likeness (QED) is 0.602. The highest BCUT2D eigenvalue weighted by Crippen LogP contribution is 2.60. The van der Waals surface area contributed by atoms with E-state index in [1.165, 1.54) is 0 Å². The van der Waals surface area contributed by atoms with Gasteiger partial charge in [0.1, 0.15) is 18.2 Å². The van der Waals surface area contributed by atoms with Crippen LogP contribution in [0.2, 0.25) is 0 Å². The summed E-state index contributed by atoms with van der Waals surface area (Å²) in [4.78, 5) is 10.9. The number of aryl methyl sites for hydroxylation is 1. The van der Waals surface area contributed by atoms with Crippen LogP contribution in [0.4, 0.5) is 10.2 Å². The molecule has 4 atom stereocenters. The molecule has 2 bridgehead atoms. The first kappa shape index (κ1) is 21.4. The van der Waals surface area contributed by atoms with Crippen LogP contribution >= 0.6 is 0 Å². The number of phenols is 1. The molecule has 3 fully saturated rings. The van der Waals surface area contributed by atoms with Crippen molar-refractivity contribution in [3.8, 4) is 28.5 Å². The van der Waals surface area contributed by atoms with E-state index in [0.29, 0.717) is 34.6 Å². The predicted octanol–water partition coefficient (Wildman–Crippen LogP) is 4.32. The fourth-order valence-corrected chi connectivity index (χ4v) is 6.28. The second kappa shape index (κ2) is 7.45. The zero-order valence-corrected chi connectivity index (χ0v) is 19.8. The van der Waals surface area contributed by atoms with E-state index in [4.69, 9.17) is 0 Å². The van der Waals surface area contributed by atoms with Crippen LogP contribution in [0, 0.1) is 10.8 Å². The van der Waals surface area contributed by atoms with Gasteiger partial charge in [-0.05, 0) is 56.1 Å². The molecule has 1 aromatic carbocycles. The number of rotatable bonds is 5. The summed E-state index contributed by atoms with van der Waals surface area (Å²) >= 11 is 0. The molecule has 2 aromatic heterocycles. The third kappa shape index (κ3) is 3.52. The summed E-state index contributed by atoms with van der Waals surface area (Å²) in [6, 6.07) is 5.28. The van der Waals surface area contributed by atoms with E-state index in [9.17, 15) is 5.11 Å². The lowest BCUT2D eigenvalue weighted by atomic mass is 9.67. The molecule has 3 saturated carbocycles. The molecule has 1 N–H and O–H groups in total. The zero-order chi connectivity index (χ0) is 23.7. The van der Waals surface area contributed by atoms with E-state index in [1.807, 2.05) is 6.07 Å². The molecule has 6 rings (SSSR count). The van der Waals surface area contributed by atoms with Gasteiger partial charge in [-0.1, -0.05) is 19.9 Å². The maximum Gasteiger partial charge on any atom is 0.185 e. The zero-order valence-electron chi connectivity index (χ0n) is 19.8. The van der Waals surface area contributed by atoms with Crippen molar-refractivity contribution in [2.24, 2.45) is 17.9 Å². The summed E-state index contributed by atoms with van der Waals surface area (Å²) in [5, 5.41) is 23.7. The summed E-state index contributed by atoms with van der Waals surface area (Å²) in [6.07, 6.45) is 8.34. The number of aromatic hydroxyl groups is 1. The smallest absolute Gasteiger partial charge is 0.185 e. The summed E-state index contributed by atoms with van der Waals surface area (Å²) in [7, 11) is 1.79. The summed E-state index contributed by atoms with van der Waals surface area (Å²) < 4.78 is 17.4. The molecule has 2 heterocycles. The number of halogens is 1. The van der Waals surface area contributed by atoms with Crippen molar-refractivity contribution >= 4 is 5.82 Å². The van der Waals surface area contributed by atoms with Crippen molar-refractivity contribution in [2.45, 2.75) is 70.6 Å². The molecular weight excluding hydrogens is 433 g/mol. The van der Waals surface area contributed by atoms with E-state index in [1.54, 1.807) is 36.4 Å². The fourth-order valence-electron chi connectivity index (χ4n) is 6.28. The second-order valence-corrected chi connectivity index (χ2v) is 11.1. The minimum Gasteiger partial charge on any atom is -0.507 e. The number of phenolic OH excluding ortho intramolecular Hbond substituents is 1. The molecule has 0 saturated heterocycles. The van der Waals surface area contributed by atoms with Crippen molar-refractivity contribution in [2.75, 3.05) is 4.90 Å². The summed E-state index contributed by atoms with van der Waals surface area (Å²) in [6.45, 7) is 4.42. The van der Waals surface area contributed by atoms with Crippen LogP contribution in [0.15, 0.2) is 30.7 Å². The molecule has 34 heavy (non-hydrogen) atoms. The van der Waals surface area contributed by atoms with Gasteiger partial charge in [-0.2, -0.15) is 5.10 Å². The molecule has 8 nitrogen and oxygen atoms in total. The monoisotopic (exact) mass is 463 g/mol. The highest BCUT2D eigenvalue weighted by Gasteiger charge is 2.58. The Morgan fingerprint density at radius 3 is 2.59 bits per heavy atom. The van der Waals surface area contributed by atoms with Crippen molar-refractivity contribution in [3.05, 3.63) is 30.7 Å². The van der Waals surface area contributed by atoms with Gasteiger partial charge in [-0.25, -0.2) is 14.4 Å². The number of fused-ring (bicyclic) bond motifs is 2. The van der Waals surface area contributed by atoms with Gasteiger partial charge in [-0.15, -0.1) is 10.2 Å². The summed E-state index contributed by atoms with van der Waals surface area (Å²) in [5.74, 6) is 1.52. The van der Waals surface area contributed by atoms with Crippen LogP contribution in [0.25, 0.3) is 22.8 Å². The van der Waals surface area contributed by atoms with Gasteiger partial charge in [-0.3, -0.25) is 4.68 Å². The van der Waals surface area contributed by atoms with Crippen molar-refractivity contribution in [1.82, 2.24) is 29.9 Å². The van der Waals surface area contributed by atoms with E-state index in [-0.39, 0.29) is 22.6 Å². The number of alkyl halides is 1. The normalized spacial score (nSPS) is 30.5. The minimum atomic E-state index is -0.887. The number of aromatic nitrogens is 6. The minimum absolute atomic E-state index is 0.0343. The van der Waals surface area contributed by atoms with Gasteiger partial charge in [0.25, 0.3) is 0 Å². The number of benzene rings is 1. The van der Waals surface area contributed by atoms with Gasteiger partial charge in [0.2, 0.25) is 0 Å². The number of hydrogen-bond acceptors (Lipinski definition) is 7. The summed E-state index contributed by atoms with van der Waals surface area (Å²) in [5.41, 5.74) is 1.11. The largest absolute Gasteiger partial charge is 0.507 e. The first-order valence-electron chi connectivity index (χ1n) is 12.1. The predicted molar refractivity (Wildman–Crippen MR) is 126 cm³/mol. The standard InChI is InChI=1S/C25H30FN7O/c1-24-8-9-25(2,13-24)21(26)18(11-24)33(16-5-6-16)20-12-27-23(30-29-20)17-7-4-15(10-19(17)34)22-28-14-32(3)31-22/h4,7,10,12,14,16,18,21,34H,5-6,8-9,11,13H2,1-3H3/t18-,21-,24-,25-/m1/s1. The average Bonchev–Trinajstić information content (AvgIpc) is 3.48. The first-order valence-corrected chi connectivity index (χ1v) is 12.1. The second-order valence-electron chi connectivity index (χ2n) is 11.1. The van der Waals surface area contributed by atoms with E-state index in [2.05, 4.69) is 44.0 Å². The number of anilines is 1. The Kier molecular flexibility index (Phi) is 4.70. The molecule has 0 radical (unpaired) electrons. The van der Waals surface area contributed by atoms with Crippen LogP contribution in [0.5, 0.6) is 5.75 Å². The molecular formula is C25H30FN7O. The Hall–Kier alpha value is -3.10. The van der Waals surface area contributed by atoms with Gasteiger partial charge in [0.05, 0.1) is 17.8 Å². The van der Waals surface area contributed by atoms with Gasteiger partial charge < -0.3 is 10.0 Å². The fraction of sp³-hybridized carbons (Fsp3) is 0.560. The molecule has 0 unspecified atom stereocenters. The van der Waals surface area contributed by atoms with E-state index in [0.717, 1.165) is 38.5 Å². The molecule has 3 aliphatic carbocycles. The lowest BCUT2D eigenvalue weighted by Crippen LogP contribution is -2.54. The first-order chi connectivity index (χ1) is 16.2. The molecule has 0 aliphatic heterocycles. The van der Waals surface area contributed by atoms with Crippen LogP contribution in [0.3, 0.4) is 0 Å². The lowest BCUT2D eigenvalue weighted by Gasteiger charge is -2.47. The maximum atomic E-state index is 15.8. The van der Waals surface area contributed by atoms with E-state index >= 15 is 4.39 Å². The Bertz CT molecular complexity index is 1230. The van der Waals surface area contributed by atoms with Crippen molar-refractivity contribution in [3.63, 3.8) is 0 Å². The van der Waals surface area contributed by atoms with E-state index < -0.39 is 6.17 Å². The highest BCUT2D eigenvalue weighted by molar-refractivity contribution is 5.70. The van der Waals surface area contributed by atoms with Crippen LogP contribution in [-0.2, 0) is 7.05 Å². The Morgan fingerprint density at radius 1 is 1.12 bits per heavy atom.